The van der Waals surface area contributed by atoms with E-state index in [1.54, 1.807) is 58.0 Å². The smallest absolute Gasteiger partial charge is 0.326 e. The van der Waals surface area contributed by atoms with Crippen molar-refractivity contribution in [2.45, 2.75) is 160 Å². The number of hydrogen-bond acceptors (Lipinski definition) is 16. The van der Waals surface area contributed by atoms with Crippen LogP contribution in [0.5, 0.6) is 0 Å². The maximum absolute atomic E-state index is 14.1. The van der Waals surface area contributed by atoms with Crippen LogP contribution in [0.1, 0.15) is 105 Å². The molecule has 79 heavy (non-hydrogen) atoms. The summed E-state index contributed by atoms with van der Waals surface area (Å²) in [7, 11) is 0. The Kier molecular flexibility index (Phi) is 31.2. The Balaban J connectivity index is 3.40. The Morgan fingerprint density at radius 1 is 0.519 bits per heavy atom. The highest BCUT2D eigenvalue weighted by atomic mass is 16.4. The van der Waals surface area contributed by atoms with Crippen molar-refractivity contribution in [1.29, 1.82) is 0 Å². The van der Waals surface area contributed by atoms with Crippen molar-refractivity contribution >= 4 is 77.0 Å². The molecule has 0 radical (unpaired) electrons. The van der Waals surface area contributed by atoms with Crippen LogP contribution in [0.2, 0.25) is 0 Å². The predicted molar refractivity (Wildman–Crippen MR) is 281 cm³/mol. The van der Waals surface area contributed by atoms with E-state index in [1.807, 2.05) is 0 Å². The van der Waals surface area contributed by atoms with Crippen LogP contribution in [-0.2, 0) is 68.7 Å². The summed E-state index contributed by atoms with van der Waals surface area (Å²) in [6, 6.07) is -5.25. The van der Waals surface area contributed by atoms with Gasteiger partial charge in [0.2, 0.25) is 59.1 Å². The van der Waals surface area contributed by atoms with E-state index in [2.05, 4.69) is 47.9 Å². The average Bonchev–Trinajstić information content (AvgIpc) is 3.36. The number of hydrogen-bond donors (Lipinski definition) is 16. The van der Waals surface area contributed by atoms with Crippen molar-refractivity contribution in [3.63, 3.8) is 0 Å². The van der Waals surface area contributed by atoms with Crippen LogP contribution in [0, 0.1) is 17.8 Å². The molecule has 1 rings (SSSR count). The van der Waals surface area contributed by atoms with Gasteiger partial charge in [-0.2, -0.15) is 0 Å². The van der Waals surface area contributed by atoms with Gasteiger partial charge < -0.3 is 85.5 Å². The normalized spacial score (nSPS) is 14.5. The highest BCUT2D eigenvalue weighted by Crippen LogP contribution is 2.13. The van der Waals surface area contributed by atoms with Crippen LogP contribution in [0.4, 0.5) is 0 Å². The molecule has 10 amide bonds. The Labute approximate surface area is 457 Å². The highest BCUT2D eigenvalue weighted by Gasteiger charge is 2.36. The SMILES string of the molecule is CC(C)C[C@H](NC(=O)[C@@H](NC(=O)CNC(=O)[C@H](CCC(N)=O)NC(=O)[C@@H](N)CO)C(C)C)C(=O)N[C@@H](CCCCN)C(=O)N[C@@H](CCC(=O)O)C(=O)N[C@@H](CC(=O)O)C(=O)N[C@H](C(=O)N[C@@H](Cc1ccccc1)C(=O)O)C(C)C. The van der Waals surface area contributed by atoms with Gasteiger partial charge >= 0.3 is 17.9 Å². The number of amides is 10. The molecule has 9 atom stereocenters. The monoisotopic (exact) mass is 1120 g/mol. The first-order chi connectivity index (χ1) is 37.0. The number of unbranched alkanes of at least 4 members (excludes halogenated alkanes) is 1. The van der Waals surface area contributed by atoms with Crippen molar-refractivity contribution in [1.82, 2.24) is 47.9 Å². The lowest BCUT2D eigenvalue weighted by Crippen LogP contribution is -2.61. The number of aliphatic carboxylic acids is 3. The van der Waals surface area contributed by atoms with E-state index in [4.69, 9.17) is 17.2 Å². The molecule has 1 aromatic carbocycles. The Hall–Kier alpha value is -7.79. The Bertz CT molecular complexity index is 2270. The van der Waals surface area contributed by atoms with Gasteiger partial charge in [0.05, 0.1) is 19.6 Å². The molecule has 0 aliphatic heterocycles. The van der Waals surface area contributed by atoms with E-state index in [0.717, 1.165) is 0 Å². The largest absolute Gasteiger partial charge is 0.481 e. The molecule has 0 bridgehead atoms. The third-order valence-electron chi connectivity index (χ3n) is 11.9. The minimum Gasteiger partial charge on any atom is -0.481 e. The summed E-state index contributed by atoms with van der Waals surface area (Å²) in [5.41, 5.74) is 17.0. The standard InChI is InChI=1S/C50H80N12O17/c1-25(2)20-33(59-48(76)40(26(3)4)61-37(65)23-54-43(71)31(15-17-36(53)64)55-42(70)29(52)24-63)46(74)56-30(14-10-11-19-51)44(72)57-32(16-18-38(66)67)45(73)58-34(22-39(68)69)47(75)62-41(27(5)6)49(77)60-35(50(78)79)21-28-12-8-7-9-13-28/h7-9,12-13,25-27,29-35,40-41,63H,10-11,14-24,51-52H2,1-6H3,(H2,53,64)(H,54,71)(H,55,70)(H,56,74)(H,57,72)(H,58,73)(H,59,76)(H,60,77)(H,61,65)(H,62,75)(H,66,67)(H,68,69)(H,78,79)/t29-,30-,31-,32-,33-,34-,35-,40-,41-/m0/s1. The van der Waals surface area contributed by atoms with Crippen molar-refractivity contribution in [2.75, 3.05) is 19.7 Å². The molecule has 0 saturated heterocycles. The molecular formula is C50H80N12O17. The van der Waals surface area contributed by atoms with Gasteiger partial charge in [-0.25, -0.2) is 4.79 Å². The first-order valence-electron chi connectivity index (χ1n) is 25.8. The highest BCUT2D eigenvalue weighted by molar-refractivity contribution is 5.99. The maximum Gasteiger partial charge on any atom is 0.326 e. The number of nitrogens with two attached hydrogens (primary N) is 3. The number of primary amides is 1. The van der Waals surface area contributed by atoms with Crippen molar-refractivity contribution in [3.8, 4) is 0 Å². The maximum atomic E-state index is 14.1. The lowest BCUT2D eigenvalue weighted by atomic mass is 9.99. The summed E-state index contributed by atoms with van der Waals surface area (Å²) in [5.74, 6) is -15.7. The molecule has 19 N–H and O–H groups in total. The van der Waals surface area contributed by atoms with Gasteiger partial charge in [0.15, 0.2) is 0 Å². The number of rotatable bonds is 38. The van der Waals surface area contributed by atoms with Gasteiger partial charge in [0.1, 0.15) is 54.4 Å². The van der Waals surface area contributed by atoms with Crippen molar-refractivity contribution in [3.05, 3.63) is 35.9 Å². The molecule has 0 spiro atoms. The first-order valence-corrected chi connectivity index (χ1v) is 25.8. The number of aliphatic hydroxyl groups is 1. The van der Waals surface area contributed by atoms with Gasteiger partial charge in [0.25, 0.3) is 0 Å². The second-order valence-electron chi connectivity index (χ2n) is 19.9. The van der Waals surface area contributed by atoms with Crippen molar-refractivity contribution < 1.29 is 82.8 Å². The zero-order valence-corrected chi connectivity index (χ0v) is 45.3. The van der Waals surface area contributed by atoms with Crippen LogP contribution >= 0.6 is 0 Å². The lowest BCUT2D eigenvalue weighted by Gasteiger charge is -2.29. The van der Waals surface area contributed by atoms with E-state index in [-0.39, 0.29) is 51.0 Å². The predicted octanol–water partition coefficient (Wildman–Crippen LogP) is -4.28. The summed E-state index contributed by atoms with van der Waals surface area (Å²) in [6.45, 7) is 8.28. The van der Waals surface area contributed by atoms with Crippen LogP contribution in [0.15, 0.2) is 30.3 Å². The fourth-order valence-corrected chi connectivity index (χ4v) is 7.53. The fourth-order valence-electron chi connectivity index (χ4n) is 7.53. The quantitative estimate of drug-likeness (QED) is 0.0279. The second kappa shape index (κ2) is 35.6. The third kappa shape index (κ3) is 26.9. The minimum absolute atomic E-state index is 0.0221. The van der Waals surface area contributed by atoms with Crippen LogP contribution in [-0.4, -0.2) is 171 Å². The van der Waals surface area contributed by atoms with Crippen molar-refractivity contribution in [2.24, 2.45) is 35.0 Å². The molecule has 1 aromatic rings. The molecule has 0 aliphatic carbocycles. The first kappa shape index (κ1) is 69.2. The number of aliphatic hydroxyl groups excluding tert-OH is 1. The number of carbonyl (C=O) groups excluding carboxylic acids is 10. The van der Waals surface area contributed by atoms with E-state index < -0.39 is 176 Å². The van der Waals surface area contributed by atoms with E-state index >= 15 is 0 Å². The van der Waals surface area contributed by atoms with E-state index in [0.29, 0.717) is 12.0 Å². The number of nitrogens with one attached hydrogen (secondary N) is 9. The summed E-state index contributed by atoms with van der Waals surface area (Å²) in [6.07, 6.45) is -2.74. The molecule has 29 heteroatoms. The third-order valence-corrected chi connectivity index (χ3v) is 11.9. The van der Waals surface area contributed by atoms with Gasteiger partial charge in [-0.1, -0.05) is 71.9 Å². The summed E-state index contributed by atoms with van der Waals surface area (Å²) >= 11 is 0. The Morgan fingerprint density at radius 3 is 1.48 bits per heavy atom. The number of carboxylic acid groups (broad SMARTS) is 3. The van der Waals surface area contributed by atoms with Gasteiger partial charge in [0, 0.05) is 19.3 Å². The molecule has 29 nitrogen and oxygen atoms in total. The molecule has 442 valence electrons. The summed E-state index contributed by atoms with van der Waals surface area (Å²) < 4.78 is 0. The number of carboxylic acids is 3. The molecule has 0 aliphatic rings. The molecule has 0 saturated carbocycles. The van der Waals surface area contributed by atoms with E-state index in [9.17, 15) is 82.8 Å². The van der Waals surface area contributed by atoms with Crippen LogP contribution < -0.4 is 65.1 Å². The van der Waals surface area contributed by atoms with Gasteiger partial charge in [-0.05, 0) is 68.4 Å². The lowest BCUT2D eigenvalue weighted by molar-refractivity contribution is -0.143. The summed E-state index contributed by atoms with van der Waals surface area (Å²) in [4.78, 5) is 169. The zero-order chi connectivity index (χ0) is 60.1. The summed E-state index contributed by atoms with van der Waals surface area (Å²) in [5, 5.41) is 59.9. The zero-order valence-electron chi connectivity index (χ0n) is 45.3. The molecule has 0 fully saturated rings. The number of benzene rings is 1. The average molecular weight is 1120 g/mol. The van der Waals surface area contributed by atoms with Gasteiger partial charge in [-0.15, -0.1) is 0 Å². The van der Waals surface area contributed by atoms with E-state index in [1.165, 1.54) is 13.8 Å². The topological polar surface area (TPSA) is 489 Å². The van der Waals surface area contributed by atoms with Crippen LogP contribution in [0.25, 0.3) is 0 Å². The molecular weight excluding hydrogens is 1040 g/mol. The Morgan fingerprint density at radius 2 is 0.987 bits per heavy atom. The molecule has 0 aromatic heterocycles. The molecule has 0 heterocycles. The second-order valence-corrected chi connectivity index (χ2v) is 19.9. The van der Waals surface area contributed by atoms with Gasteiger partial charge in [-0.3, -0.25) is 57.5 Å². The van der Waals surface area contributed by atoms with Crippen LogP contribution in [0.3, 0.4) is 0 Å². The minimum atomic E-state index is -1.94. The fraction of sp³-hybridized carbons (Fsp3) is 0.620. The number of carbonyl (C=O) groups is 13. The molecule has 0 unspecified atom stereocenters.